The topological polar surface area (TPSA) is 38.8 Å². The van der Waals surface area contributed by atoms with E-state index in [1.54, 1.807) is 14.2 Å². The Labute approximate surface area is 136 Å². The minimum absolute atomic E-state index is 0.106. The van der Waals surface area contributed by atoms with Crippen molar-refractivity contribution in [3.8, 4) is 11.5 Å². The van der Waals surface area contributed by atoms with Gasteiger partial charge in [-0.15, -0.1) is 0 Å². The molecule has 4 heteroatoms. The van der Waals surface area contributed by atoms with E-state index in [-0.39, 0.29) is 11.9 Å². The Morgan fingerprint density at radius 1 is 1.13 bits per heavy atom. The first-order valence-corrected chi connectivity index (χ1v) is 7.75. The molecule has 0 saturated carbocycles. The Hall–Kier alpha value is -2.49. The second-order valence-corrected chi connectivity index (χ2v) is 5.81. The highest BCUT2D eigenvalue weighted by atomic mass is 16.5. The molecule has 1 heterocycles. The molecule has 0 aliphatic carbocycles. The molecule has 23 heavy (non-hydrogen) atoms. The number of benzene rings is 2. The fourth-order valence-corrected chi connectivity index (χ4v) is 3.20. The van der Waals surface area contributed by atoms with E-state index < -0.39 is 0 Å². The average molecular weight is 311 g/mol. The molecule has 0 spiro atoms. The van der Waals surface area contributed by atoms with Crippen molar-refractivity contribution in [3.05, 3.63) is 53.6 Å². The normalized spacial score (nSPS) is 16.1. The fraction of sp³-hybridized carbons (Fsp3) is 0.316. The van der Waals surface area contributed by atoms with Gasteiger partial charge in [0.1, 0.15) is 0 Å². The van der Waals surface area contributed by atoms with Crippen LogP contribution in [0.3, 0.4) is 0 Å². The molecule has 0 radical (unpaired) electrons. The van der Waals surface area contributed by atoms with Gasteiger partial charge in [-0.2, -0.15) is 0 Å². The zero-order valence-corrected chi connectivity index (χ0v) is 13.7. The predicted molar refractivity (Wildman–Crippen MR) is 90.3 cm³/mol. The highest BCUT2D eigenvalue weighted by Gasteiger charge is 2.30. The lowest BCUT2D eigenvalue weighted by Gasteiger charge is -2.23. The maximum Gasteiger partial charge on any atom is 0.231 e. The summed E-state index contributed by atoms with van der Waals surface area (Å²) in [5, 5.41) is 0. The number of fused-ring (bicyclic) bond motifs is 1. The molecule has 1 aliphatic rings. The summed E-state index contributed by atoms with van der Waals surface area (Å²) in [5.41, 5.74) is 3.19. The SMILES string of the molecule is COc1ccc(CC(=O)N2c3ccccc3C[C@@H]2C)cc1OC. The summed E-state index contributed by atoms with van der Waals surface area (Å²) in [4.78, 5) is 14.7. The van der Waals surface area contributed by atoms with E-state index in [1.807, 2.05) is 41.3 Å². The van der Waals surface area contributed by atoms with Crippen LogP contribution < -0.4 is 14.4 Å². The van der Waals surface area contributed by atoms with Gasteiger partial charge >= 0.3 is 0 Å². The molecule has 1 atom stereocenters. The molecule has 0 unspecified atom stereocenters. The van der Waals surface area contributed by atoms with E-state index in [0.29, 0.717) is 17.9 Å². The van der Waals surface area contributed by atoms with Crippen LogP contribution in [0.15, 0.2) is 42.5 Å². The minimum atomic E-state index is 0.106. The van der Waals surface area contributed by atoms with Crippen LogP contribution in [0, 0.1) is 0 Å². The molecule has 2 aromatic carbocycles. The van der Waals surface area contributed by atoms with Crippen LogP contribution in [0.2, 0.25) is 0 Å². The van der Waals surface area contributed by atoms with Crippen LogP contribution in [-0.4, -0.2) is 26.2 Å². The van der Waals surface area contributed by atoms with Gasteiger partial charge in [0.15, 0.2) is 11.5 Å². The summed E-state index contributed by atoms with van der Waals surface area (Å²) in [6, 6.07) is 13.9. The lowest BCUT2D eigenvalue weighted by molar-refractivity contribution is -0.118. The number of carbonyl (C=O) groups excluding carboxylic acids is 1. The molecule has 0 bridgehead atoms. The van der Waals surface area contributed by atoms with Gasteiger partial charge in [-0.25, -0.2) is 0 Å². The molecule has 1 aliphatic heterocycles. The van der Waals surface area contributed by atoms with Gasteiger partial charge in [0.2, 0.25) is 5.91 Å². The number of amides is 1. The summed E-state index contributed by atoms with van der Waals surface area (Å²) in [6.45, 7) is 2.09. The van der Waals surface area contributed by atoms with Crippen molar-refractivity contribution >= 4 is 11.6 Å². The Morgan fingerprint density at radius 3 is 2.61 bits per heavy atom. The summed E-state index contributed by atoms with van der Waals surface area (Å²) in [6.07, 6.45) is 1.26. The van der Waals surface area contributed by atoms with Crippen LogP contribution >= 0.6 is 0 Å². The monoisotopic (exact) mass is 311 g/mol. The van der Waals surface area contributed by atoms with Crippen molar-refractivity contribution in [1.29, 1.82) is 0 Å². The van der Waals surface area contributed by atoms with Gasteiger partial charge in [0.25, 0.3) is 0 Å². The highest BCUT2D eigenvalue weighted by molar-refractivity contribution is 5.97. The van der Waals surface area contributed by atoms with Crippen molar-refractivity contribution in [2.24, 2.45) is 0 Å². The number of anilines is 1. The van der Waals surface area contributed by atoms with E-state index in [2.05, 4.69) is 13.0 Å². The molecule has 0 saturated heterocycles. The number of nitrogens with zero attached hydrogens (tertiary/aromatic N) is 1. The number of rotatable bonds is 4. The highest BCUT2D eigenvalue weighted by Crippen LogP contribution is 2.33. The van der Waals surface area contributed by atoms with Crippen LogP contribution in [-0.2, 0) is 17.6 Å². The van der Waals surface area contributed by atoms with E-state index in [0.717, 1.165) is 17.7 Å². The Morgan fingerprint density at radius 2 is 1.87 bits per heavy atom. The van der Waals surface area contributed by atoms with Gasteiger partial charge in [0.05, 0.1) is 20.6 Å². The summed E-state index contributed by atoms with van der Waals surface area (Å²) >= 11 is 0. The van der Waals surface area contributed by atoms with Crippen LogP contribution in [0.1, 0.15) is 18.1 Å². The molecule has 4 nitrogen and oxygen atoms in total. The van der Waals surface area contributed by atoms with Gasteiger partial charge in [-0.05, 0) is 42.7 Å². The second kappa shape index (κ2) is 6.32. The van der Waals surface area contributed by atoms with Crippen LogP contribution in [0.4, 0.5) is 5.69 Å². The number of hydrogen-bond donors (Lipinski definition) is 0. The third-order valence-corrected chi connectivity index (χ3v) is 4.28. The first kappa shape index (κ1) is 15.4. The van der Waals surface area contributed by atoms with Crippen molar-refractivity contribution in [2.45, 2.75) is 25.8 Å². The number of carbonyl (C=O) groups is 1. The van der Waals surface area contributed by atoms with E-state index >= 15 is 0 Å². The standard InChI is InChI=1S/C19H21NO3/c1-13-10-15-6-4-5-7-16(15)20(13)19(21)12-14-8-9-17(22-2)18(11-14)23-3/h4-9,11,13H,10,12H2,1-3H3/t13-/m0/s1. The lowest BCUT2D eigenvalue weighted by Crippen LogP contribution is -2.36. The molecular formula is C19H21NO3. The number of ether oxygens (including phenoxy) is 2. The number of methoxy groups -OCH3 is 2. The third kappa shape index (κ3) is 2.89. The molecule has 0 N–H and O–H groups in total. The molecule has 1 amide bonds. The summed E-state index contributed by atoms with van der Waals surface area (Å²) in [7, 11) is 3.20. The van der Waals surface area contributed by atoms with Gasteiger partial charge in [0, 0.05) is 11.7 Å². The van der Waals surface area contributed by atoms with E-state index in [1.165, 1.54) is 5.56 Å². The van der Waals surface area contributed by atoms with Gasteiger partial charge < -0.3 is 14.4 Å². The number of para-hydroxylation sites is 1. The molecule has 120 valence electrons. The van der Waals surface area contributed by atoms with Crippen molar-refractivity contribution in [1.82, 2.24) is 0 Å². The molecule has 2 aromatic rings. The first-order chi connectivity index (χ1) is 11.1. The zero-order valence-electron chi connectivity index (χ0n) is 13.7. The Balaban J connectivity index is 1.82. The van der Waals surface area contributed by atoms with Crippen molar-refractivity contribution in [2.75, 3.05) is 19.1 Å². The third-order valence-electron chi connectivity index (χ3n) is 4.28. The first-order valence-electron chi connectivity index (χ1n) is 7.75. The lowest BCUT2D eigenvalue weighted by atomic mass is 10.1. The largest absolute Gasteiger partial charge is 0.493 e. The molecular weight excluding hydrogens is 290 g/mol. The van der Waals surface area contributed by atoms with Crippen molar-refractivity contribution < 1.29 is 14.3 Å². The molecule has 0 aromatic heterocycles. The van der Waals surface area contributed by atoms with Gasteiger partial charge in [-0.3, -0.25) is 4.79 Å². The zero-order chi connectivity index (χ0) is 16.4. The quantitative estimate of drug-likeness (QED) is 0.870. The number of hydrogen-bond acceptors (Lipinski definition) is 3. The predicted octanol–water partition coefficient (Wildman–Crippen LogP) is 3.22. The maximum absolute atomic E-state index is 12.8. The average Bonchev–Trinajstić information content (AvgIpc) is 2.90. The summed E-state index contributed by atoms with van der Waals surface area (Å²) < 4.78 is 10.6. The van der Waals surface area contributed by atoms with Crippen molar-refractivity contribution in [3.63, 3.8) is 0 Å². The minimum Gasteiger partial charge on any atom is -0.493 e. The second-order valence-electron chi connectivity index (χ2n) is 5.81. The molecule has 0 fully saturated rings. The van der Waals surface area contributed by atoms with Crippen LogP contribution in [0.5, 0.6) is 11.5 Å². The molecule has 3 rings (SSSR count). The van der Waals surface area contributed by atoms with E-state index in [4.69, 9.17) is 9.47 Å². The maximum atomic E-state index is 12.8. The Bertz CT molecular complexity index is 726. The van der Waals surface area contributed by atoms with Gasteiger partial charge in [-0.1, -0.05) is 24.3 Å². The smallest absolute Gasteiger partial charge is 0.231 e. The fourth-order valence-electron chi connectivity index (χ4n) is 3.20. The van der Waals surface area contributed by atoms with E-state index in [9.17, 15) is 4.79 Å². The van der Waals surface area contributed by atoms with Crippen LogP contribution in [0.25, 0.3) is 0 Å². The Kier molecular flexibility index (Phi) is 4.24. The summed E-state index contributed by atoms with van der Waals surface area (Å²) in [5.74, 6) is 1.42.